The normalized spacial score (nSPS) is 15.1. The number of carbonyl (C=O) groups excluding carboxylic acids is 1. The highest BCUT2D eigenvalue weighted by atomic mass is 19.2. The molecule has 0 bridgehead atoms. The van der Waals surface area contributed by atoms with Crippen molar-refractivity contribution < 1.29 is 13.6 Å². The maximum absolute atomic E-state index is 13.4. The Hall–Kier alpha value is -2.24. The van der Waals surface area contributed by atoms with Crippen molar-refractivity contribution >= 4 is 5.91 Å². The van der Waals surface area contributed by atoms with Crippen LogP contribution in [-0.2, 0) is 13.0 Å². The first-order valence-corrected chi connectivity index (χ1v) is 7.75. The van der Waals surface area contributed by atoms with Crippen molar-refractivity contribution in [3.63, 3.8) is 0 Å². The Morgan fingerprint density at radius 2 is 2.09 bits per heavy atom. The number of hydrogen-bond donors (Lipinski definition) is 0. The first kappa shape index (κ1) is 15.6. The minimum atomic E-state index is -0.910. The van der Waals surface area contributed by atoms with Crippen molar-refractivity contribution in [2.24, 2.45) is 0 Å². The van der Waals surface area contributed by atoms with Gasteiger partial charge in [0, 0.05) is 26.2 Å². The fraction of sp³-hybridized carbons (Fsp3) is 0.412. The van der Waals surface area contributed by atoms with Gasteiger partial charge in [0.25, 0.3) is 5.91 Å². The van der Waals surface area contributed by atoms with E-state index in [1.807, 2.05) is 4.57 Å². The van der Waals surface area contributed by atoms with Gasteiger partial charge in [-0.1, -0.05) is 6.07 Å². The third-order valence-corrected chi connectivity index (χ3v) is 4.46. The van der Waals surface area contributed by atoms with Crippen molar-refractivity contribution in [1.82, 2.24) is 14.5 Å². The molecule has 1 aliphatic rings. The molecule has 0 fully saturated rings. The zero-order valence-corrected chi connectivity index (χ0v) is 13.2. The second-order valence-electron chi connectivity index (χ2n) is 5.96. The smallest absolute Gasteiger partial charge is 0.274 e. The predicted molar refractivity (Wildman–Crippen MR) is 82.0 cm³/mol. The molecule has 1 aliphatic heterocycles. The fourth-order valence-corrected chi connectivity index (χ4v) is 2.87. The number of rotatable bonds is 3. The van der Waals surface area contributed by atoms with E-state index >= 15 is 0 Å². The average Bonchev–Trinajstić information content (AvgIpc) is 2.99. The maximum atomic E-state index is 13.4. The number of aromatic nitrogens is 2. The second-order valence-corrected chi connectivity index (χ2v) is 5.96. The van der Waals surface area contributed by atoms with E-state index in [4.69, 9.17) is 0 Å². The van der Waals surface area contributed by atoms with Crippen LogP contribution < -0.4 is 0 Å². The second kappa shape index (κ2) is 6.10. The quantitative estimate of drug-likeness (QED) is 0.870. The summed E-state index contributed by atoms with van der Waals surface area (Å²) in [6.45, 7) is 2.67. The molecule has 2 heterocycles. The molecule has 0 aliphatic carbocycles. The third-order valence-electron chi connectivity index (χ3n) is 4.46. The minimum absolute atomic E-state index is 0.218. The SMILES string of the molecule is C[C@H](c1ccc(F)c(F)c1)N(C)C(=O)c1cn2c(n1)CCCC2. The Bertz CT molecular complexity index is 718. The summed E-state index contributed by atoms with van der Waals surface area (Å²) in [4.78, 5) is 18.5. The lowest BCUT2D eigenvalue weighted by Gasteiger charge is -2.24. The molecule has 0 spiro atoms. The predicted octanol–water partition coefficient (Wildman–Crippen LogP) is 3.33. The highest BCUT2D eigenvalue weighted by Crippen LogP contribution is 2.23. The van der Waals surface area contributed by atoms with Crippen LogP contribution in [0.1, 0.15) is 47.7 Å². The number of benzene rings is 1. The summed E-state index contributed by atoms with van der Waals surface area (Å²) in [6.07, 6.45) is 4.85. The van der Waals surface area contributed by atoms with E-state index in [1.54, 1.807) is 20.2 Å². The van der Waals surface area contributed by atoms with E-state index in [0.717, 1.165) is 43.8 Å². The molecular formula is C17H19F2N3O. The number of halogens is 2. The minimum Gasteiger partial charge on any atom is -0.334 e. The molecule has 4 nitrogen and oxygen atoms in total. The number of carbonyl (C=O) groups is 1. The van der Waals surface area contributed by atoms with Crippen LogP contribution in [0.2, 0.25) is 0 Å². The summed E-state index contributed by atoms with van der Waals surface area (Å²) in [7, 11) is 1.65. The van der Waals surface area contributed by atoms with Crippen LogP contribution in [-0.4, -0.2) is 27.4 Å². The lowest BCUT2D eigenvalue weighted by Crippen LogP contribution is -2.30. The number of amides is 1. The van der Waals surface area contributed by atoms with Crippen LogP contribution >= 0.6 is 0 Å². The van der Waals surface area contributed by atoms with Crippen LogP contribution in [0.4, 0.5) is 8.78 Å². The third kappa shape index (κ3) is 2.98. The summed E-state index contributed by atoms with van der Waals surface area (Å²) >= 11 is 0. The number of aryl methyl sites for hydroxylation is 2. The Morgan fingerprint density at radius 1 is 1.30 bits per heavy atom. The van der Waals surface area contributed by atoms with Gasteiger partial charge in [-0.15, -0.1) is 0 Å². The molecule has 0 saturated heterocycles. The van der Waals surface area contributed by atoms with Crippen LogP contribution in [0, 0.1) is 11.6 Å². The Labute approximate surface area is 133 Å². The highest BCUT2D eigenvalue weighted by Gasteiger charge is 2.23. The van der Waals surface area contributed by atoms with Gasteiger partial charge in [0.2, 0.25) is 0 Å². The first-order valence-electron chi connectivity index (χ1n) is 7.75. The summed E-state index contributed by atoms with van der Waals surface area (Å²) in [5.74, 6) is -1.08. The largest absolute Gasteiger partial charge is 0.334 e. The molecular weight excluding hydrogens is 300 g/mol. The maximum Gasteiger partial charge on any atom is 0.274 e. The molecule has 0 N–H and O–H groups in total. The van der Waals surface area contributed by atoms with Crippen molar-refractivity contribution in [1.29, 1.82) is 0 Å². The van der Waals surface area contributed by atoms with Crippen molar-refractivity contribution in [2.45, 2.75) is 38.8 Å². The molecule has 6 heteroatoms. The molecule has 3 rings (SSSR count). The molecule has 1 aromatic carbocycles. The molecule has 23 heavy (non-hydrogen) atoms. The summed E-state index contributed by atoms with van der Waals surface area (Å²) < 4.78 is 28.5. The molecule has 0 unspecified atom stereocenters. The van der Waals surface area contributed by atoms with E-state index in [2.05, 4.69) is 4.98 Å². The van der Waals surface area contributed by atoms with Gasteiger partial charge in [0.15, 0.2) is 11.6 Å². The van der Waals surface area contributed by atoms with Gasteiger partial charge in [-0.05, 0) is 37.5 Å². The van der Waals surface area contributed by atoms with E-state index in [0.29, 0.717) is 11.3 Å². The van der Waals surface area contributed by atoms with Crippen LogP contribution in [0.15, 0.2) is 24.4 Å². The Kier molecular flexibility index (Phi) is 4.15. The van der Waals surface area contributed by atoms with Crippen molar-refractivity contribution in [2.75, 3.05) is 7.05 Å². The number of fused-ring (bicyclic) bond motifs is 1. The van der Waals surface area contributed by atoms with Crippen LogP contribution in [0.25, 0.3) is 0 Å². The summed E-state index contributed by atoms with van der Waals surface area (Å²) in [5.41, 5.74) is 0.947. The van der Waals surface area contributed by atoms with Gasteiger partial charge >= 0.3 is 0 Å². The zero-order valence-electron chi connectivity index (χ0n) is 13.2. The molecule has 2 aromatic rings. The molecule has 1 aromatic heterocycles. The number of hydrogen-bond acceptors (Lipinski definition) is 2. The van der Waals surface area contributed by atoms with E-state index in [-0.39, 0.29) is 11.9 Å². The number of imidazole rings is 1. The lowest BCUT2D eigenvalue weighted by atomic mass is 10.1. The summed E-state index contributed by atoms with van der Waals surface area (Å²) in [6, 6.07) is 3.32. The van der Waals surface area contributed by atoms with Gasteiger partial charge in [-0.2, -0.15) is 0 Å². The van der Waals surface area contributed by atoms with Gasteiger partial charge in [0.05, 0.1) is 6.04 Å². The van der Waals surface area contributed by atoms with Crippen LogP contribution in [0.3, 0.4) is 0 Å². The standard InChI is InChI=1S/C17H19F2N3O/c1-11(12-6-7-13(18)14(19)9-12)21(2)17(23)15-10-22-8-4-3-5-16(22)20-15/h6-7,9-11H,3-5,8H2,1-2H3/t11-/m1/s1. The number of nitrogens with zero attached hydrogens (tertiary/aromatic N) is 3. The summed E-state index contributed by atoms with van der Waals surface area (Å²) in [5, 5.41) is 0. The molecule has 0 saturated carbocycles. The molecule has 1 amide bonds. The lowest BCUT2D eigenvalue weighted by molar-refractivity contribution is 0.0736. The molecule has 122 valence electrons. The molecule has 0 radical (unpaired) electrons. The monoisotopic (exact) mass is 319 g/mol. The van der Waals surface area contributed by atoms with Crippen molar-refractivity contribution in [3.8, 4) is 0 Å². The molecule has 1 atom stereocenters. The van der Waals surface area contributed by atoms with E-state index < -0.39 is 11.6 Å². The van der Waals surface area contributed by atoms with E-state index in [9.17, 15) is 13.6 Å². The topological polar surface area (TPSA) is 38.1 Å². The fourth-order valence-electron chi connectivity index (χ4n) is 2.87. The zero-order chi connectivity index (χ0) is 16.6. The first-order chi connectivity index (χ1) is 11.0. The van der Waals surface area contributed by atoms with Gasteiger partial charge < -0.3 is 9.47 Å². The Balaban J connectivity index is 1.80. The van der Waals surface area contributed by atoms with Gasteiger partial charge in [-0.25, -0.2) is 13.8 Å². The van der Waals surface area contributed by atoms with E-state index in [1.165, 1.54) is 11.0 Å². The van der Waals surface area contributed by atoms with Gasteiger partial charge in [-0.3, -0.25) is 4.79 Å². The van der Waals surface area contributed by atoms with Gasteiger partial charge in [0.1, 0.15) is 11.5 Å². The van der Waals surface area contributed by atoms with Crippen molar-refractivity contribution in [3.05, 3.63) is 53.1 Å². The average molecular weight is 319 g/mol. The Morgan fingerprint density at radius 3 is 2.78 bits per heavy atom. The highest BCUT2D eigenvalue weighted by molar-refractivity contribution is 5.92. The van der Waals surface area contributed by atoms with Crippen LogP contribution in [0.5, 0.6) is 0 Å².